The molecule has 1 unspecified atom stereocenters. The second kappa shape index (κ2) is 6.33. The molecule has 0 fully saturated rings. The normalized spacial score (nSPS) is 15.6. The molecule has 2 rings (SSSR count). The first-order valence-electron chi connectivity index (χ1n) is 5.70. The molecule has 1 heterocycles. The topological polar surface area (TPSA) is 68.0 Å². The first kappa shape index (κ1) is 14.4. The number of aromatic nitrogens is 1. The summed E-state index contributed by atoms with van der Waals surface area (Å²) in [6, 6.07) is 0. The molecule has 0 aromatic carbocycles. The summed E-state index contributed by atoms with van der Waals surface area (Å²) in [6.07, 6.45) is 4.61. The molecule has 3 N–H and O–H groups in total. The lowest BCUT2D eigenvalue weighted by atomic mass is 10.0. The molecule has 1 aliphatic carbocycles. The number of thiazole rings is 1. The number of hydrogen-bond donors (Lipinski definition) is 2. The first-order chi connectivity index (χ1) is 7.70. The molecular weight excluding hydrogens is 258 g/mol. The first-order valence-corrected chi connectivity index (χ1v) is 6.52. The van der Waals surface area contributed by atoms with Gasteiger partial charge in [0.25, 0.3) is 0 Å². The van der Waals surface area contributed by atoms with Gasteiger partial charge in [0.05, 0.1) is 5.69 Å². The zero-order valence-electron chi connectivity index (χ0n) is 9.86. The largest absolute Gasteiger partial charge is 0.330 e. The molecule has 0 saturated carbocycles. The summed E-state index contributed by atoms with van der Waals surface area (Å²) < 4.78 is 0. The molecule has 1 aromatic rings. The van der Waals surface area contributed by atoms with Crippen LogP contribution in [-0.4, -0.2) is 17.4 Å². The van der Waals surface area contributed by atoms with E-state index in [1.54, 1.807) is 11.3 Å². The number of fused-ring (bicyclic) bond motifs is 1. The van der Waals surface area contributed by atoms with Gasteiger partial charge < -0.3 is 11.1 Å². The van der Waals surface area contributed by atoms with Crippen LogP contribution in [0.2, 0.25) is 0 Å². The van der Waals surface area contributed by atoms with Crippen LogP contribution in [0.25, 0.3) is 0 Å². The predicted octanol–water partition coefficient (Wildman–Crippen LogP) is 1.98. The summed E-state index contributed by atoms with van der Waals surface area (Å²) in [5.41, 5.74) is 6.62. The number of carbonyl (C=O) groups is 1. The van der Waals surface area contributed by atoms with Crippen LogP contribution in [0.1, 0.15) is 30.3 Å². The van der Waals surface area contributed by atoms with Crippen LogP contribution in [-0.2, 0) is 17.6 Å². The number of nitrogens with zero attached hydrogens (tertiary/aromatic N) is 1. The van der Waals surface area contributed by atoms with E-state index in [2.05, 4.69) is 10.3 Å². The molecule has 0 bridgehead atoms. The van der Waals surface area contributed by atoms with Crippen molar-refractivity contribution in [3.05, 3.63) is 10.6 Å². The lowest BCUT2D eigenvalue weighted by Gasteiger charge is -2.06. The Balaban J connectivity index is 0.00000144. The summed E-state index contributed by atoms with van der Waals surface area (Å²) in [5, 5.41) is 3.57. The Morgan fingerprint density at radius 2 is 2.24 bits per heavy atom. The molecule has 4 nitrogen and oxygen atoms in total. The Hall–Kier alpha value is -0.650. The van der Waals surface area contributed by atoms with Gasteiger partial charge in [-0.25, -0.2) is 4.98 Å². The summed E-state index contributed by atoms with van der Waals surface area (Å²) in [7, 11) is 0. The van der Waals surface area contributed by atoms with E-state index in [0.717, 1.165) is 18.0 Å². The molecular formula is C11H18ClN3OS. The fourth-order valence-corrected chi connectivity index (χ4v) is 2.79. The zero-order chi connectivity index (χ0) is 11.5. The Morgan fingerprint density at radius 3 is 2.88 bits per heavy atom. The van der Waals surface area contributed by atoms with E-state index in [9.17, 15) is 4.79 Å². The monoisotopic (exact) mass is 275 g/mol. The van der Waals surface area contributed by atoms with Gasteiger partial charge in [-0.05, 0) is 25.7 Å². The average Bonchev–Trinajstić information content (AvgIpc) is 2.69. The van der Waals surface area contributed by atoms with Crippen molar-refractivity contribution in [2.45, 2.75) is 32.6 Å². The molecule has 96 valence electrons. The summed E-state index contributed by atoms with van der Waals surface area (Å²) in [5.74, 6) is -0.186. The number of rotatable bonds is 3. The maximum atomic E-state index is 11.6. The minimum atomic E-state index is -0.152. The second-order valence-corrected chi connectivity index (χ2v) is 5.31. The molecule has 1 aliphatic rings. The lowest BCUT2D eigenvalue weighted by Crippen LogP contribution is -2.26. The summed E-state index contributed by atoms with van der Waals surface area (Å²) >= 11 is 1.61. The minimum absolute atomic E-state index is 0. The molecule has 0 saturated heterocycles. The third-order valence-corrected chi connectivity index (χ3v) is 3.95. The predicted molar refractivity (Wildman–Crippen MR) is 72.9 cm³/mol. The van der Waals surface area contributed by atoms with Crippen molar-refractivity contribution >= 4 is 34.8 Å². The van der Waals surface area contributed by atoms with Crippen molar-refractivity contribution in [2.24, 2.45) is 11.7 Å². The van der Waals surface area contributed by atoms with Gasteiger partial charge in [0.15, 0.2) is 5.13 Å². The smallest absolute Gasteiger partial charge is 0.230 e. The third-order valence-electron chi connectivity index (χ3n) is 2.88. The number of aryl methyl sites for hydroxylation is 2. The fourth-order valence-electron chi connectivity index (χ4n) is 1.74. The van der Waals surface area contributed by atoms with Crippen LogP contribution in [0, 0.1) is 5.92 Å². The number of nitrogens with two attached hydrogens (primary N) is 1. The maximum absolute atomic E-state index is 11.6. The van der Waals surface area contributed by atoms with E-state index in [0.29, 0.717) is 6.54 Å². The SMILES string of the molecule is CC(CN)C(=O)Nc1nc2c(s1)CCCC2.Cl. The maximum Gasteiger partial charge on any atom is 0.230 e. The average molecular weight is 276 g/mol. The number of amides is 1. The van der Waals surface area contributed by atoms with E-state index in [4.69, 9.17) is 5.73 Å². The Morgan fingerprint density at radius 1 is 1.53 bits per heavy atom. The van der Waals surface area contributed by atoms with Gasteiger partial charge in [0.1, 0.15) is 0 Å². The Labute approximate surface area is 111 Å². The van der Waals surface area contributed by atoms with Gasteiger partial charge in [0, 0.05) is 17.3 Å². The van der Waals surface area contributed by atoms with Gasteiger partial charge in [-0.2, -0.15) is 0 Å². The van der Waals surface area contributed by atoms with Crippen LogP contribution in [0.15, 0.2) is 0 Å². The quantitative estimate of drug-likeness (QED) is 0.886. The Bertz CT molecular complexity index is 371. The molecule has 0 radical (unpaired) electrons. The van der Waals surface area contributed by atoms with Gasteiger partial charge in [-0.1, -0.05) is 6.92 Å². The molecule has 17 heavy (non-hydrogen) atoms. The zero-order valence-corrected chi connectivity index (χ0v) is 11.5. The standard InChI is InChI=1S/C11H17N3OS.ClH/c1-7(6-12)10(15)14-11-13-8-4-2-3-5-9(8)16-11;/h7H,2-6,12H2,1H3,(H,13,14,15);1H. The van der Waals surface area contributed by atoms with E-state index in [1.165, 1.54) is 23.4 Å². The molecule has 1 aromatic heterocycles. The van der Waals surface area contributed by atoms with Gasteiger partial charge in [0.2, 0.25) is 5.91 Å². The number of anilines is 1. The van der Waals surface area contributed by atoms with Crippen molar-refractivity contribution in [3.8, 4) is 0 Å². The van der Waals surface area contributed by atoms with E-state index >= 15 is 0 Å². The van der Waals surface area contributed by atoms with Crippen LogP contribution in [0.3, 0.4) is 0 Å². The minimum Gasteiger partial charge on any atom is -0.330 e. The Kier molecular flexibility index (Phi) is 5.36. The number of nitrogens with one attached hydrogen (secondary N) is 1. The highest BCUT2D eigenvalue weighted by atomic mass is 35.5. The highest BCUT2D eigenvalue weighted by Crippen LogP contribution is 2.29. The molecule has 0 spiro atoms. The van der Waals surface area contributed by atoms with Crippen molar-refractivity contribution in [1.29, 1.82) is 0 Å². The molecule has 1 atom stereocenters. The lowest BCUT2D eigenvalue weighted by molar-refractivity contribution is -0.119. The van der Waals surface area contributed by atoms with E-state index < -0.39 is 0 Å². The number of carbonyl (C=O) groups excluding carboxylic acids is 1. The molecule has 1 amide bonds. The van der Waals surface area contributed by atoms with Crippen molar-refractivity contribution in [2.75, 3.05) is 11.9 Å². The summed E-state index contributed by atoms with van der Waals surface area (Å²) in [4.78, 5) is 17.4. The number of hydrogen-bond acceptors (Lipinski definition) is 4. The van der Waals surface area contributed by atoms with E-state index in [1.807, 2.05) is 6.92 Å². The van der Waals surface area contributed by atoms with Crippen LogP contribution in [0.4, 0.5) is 5.13 Å². The van der Waals surface area contributed by atoms with Gasteiger partial charge >= 0.3 is 0 Å². The number of halogens is 1. The second-order valence-electron chi connectivity index (χ2n) is 4.22. The molecule has 0 aliphatic heterocycles. The third kappa shape index (κ3) is 3.40. The fraction of sp³-hybridized carbons (Fsp3) is 0.636. The van der Waals surface area contributed by atoms with Gasteiger partial charge in [-0.15, -0.1) is 23.7 Å². The van der Waals surface area contributed by atoms with Crippen molar-refractivity contribution < 1.29 is 4.79 Å². The highest BCUT2D eigenvalue weighted by Gasteiger charge is 2.17. The summed E-state index contributed by atoms with van der Waals surface area (Å²) in [6.45, 7) is 2.19. The van der Waals surface area contributed by atoms with Gasteiger partial charge in [-0.3, -0.25) is 4.79 Å². The van der Waals surface area contributed by atoms with Crippen molar-refractivity contribution in [1.82, 2.24) is 4.98 Å². The van der Waals surface area contributed by atoms with Crippen LogP contribution < -0.4 is 11.1 Å². The van der Waals surface area contributed by atoms with Crippen LogP contribution in [0.5, 0.6) is 0 Å². The highest BCUT2D eigenvalue weighted by molar-refractivity contribution is 7.15. The van der Waals surface area contributed by atoms with Crippen molar-refractivity contribution in [3.63, 3.8) is 0 Å². The molecule has 6 heteroatoms. The van der Waals surface area contributed by atoms with Crippen LogP contribution >= 0.6 is 23.7 Å². The van der Waals surface area contributed by atoms with E-state index in [-0.39, 0.29) is 24.2 Å².